The summed E-state index contributed by atoms with van der Waals surface area (Å²) in [6.07, 6.45) is 0.365. The van der Waals surface area contributed by atoms with Gasteiger partial charge in [0.25, 0.3) is 0 Å². The molecule has 7 nitrogen and oxygen atoms in total. The number of nitrogens with zero attached hydrogens (tertiary/aromatic N) is 5. The number of rotatable bonds is 10. The molecule has 0 bridgehead atoms. The lowest BCUT2D eigenvalue weighted by Gasteiger charge is -2.20. The highest BCUT2D eigenvalue weighted by molar-refractivity contribution is 5.85. The highest BCUT2D eigenvalue weighted by Gasteiger charge is 2.21. The normalized spacial score (nSPS) is 12.3. The number of nitrogens with one attached hydrogen (secondary N) is 1. The quantitative estimate of drug-likeness (QED) is 0.117. The second-order valence-electron chi connectivity index (χ2n) is 9.49. The van der Waals surface area contributed by atoms with E-state index < -0.39 is 0 Å². The van der Waals surface area contributed by atoms with Gasteiger partial charge in [0.15, 0.2) is 0 Å². The third-order valence-electron chi connectivity index (χ3n) is 6.94. The van der Waals surface area contributed by atoms with Crippen molar-refractivity contribution < 1.29 is 9.67 Å². The van der Waals surface area contributed by atoms with Crippen LogP contribution in [0.2, 0.25) is 0 Å². The molecule has 198 valence electrons. The van der Waals surface area contributed by atoms with Crippen molar-refractivity contribution >= 4 is 44.8 Å². The maximum absolute atomic E-state index is 9.77. The highest BCUT2D eigenvalue weighted by atomic mass is 16.3. The van der Waals surface area contributed by atoms with Crippen molar-refractivity contribution in [1.29, 1.82) is 0 Å². The second kappa shape index (κ2) is 12.0. The summed E-state index contributed by atoms with van der Waals surface area (Å²) in [6, 6.07) is 30.6. The average molecular weight is 520 g/mol. The van der Waals surface area contributed by atoms with E-state index in [0.29, 0.717) is 6.54 Å². The van der Waals surface area contributed by atoms with Gasteiger partial charge in [-0.1, -0.05) is 25.1 Å². The lowest BCUT2D eigenvalue weighted by molar-refractivity contribution is -0.538. The molecular weight excluding hydrogens is 484 g/mol. The number of hydrogen-bond donors (Lipinski definition) is 2. The minimum absolute atomic E-state index is 0.355. The summed E-state index contributed by atoms with van der Waals surface area (Å²) >= 11 is 0. The van der Waals surface area contributed by atoms with Gasteiger partial charge < -0.3 is 15.3 Å². The molecule has 0 spiro atoms. The molecule has 0 radical (unpaired) electrons. The molecule has 1 unspecified atom stereocenters. The number of para-hydroxylation sites is 1. The molecular formula is C32H35N6O+. The standard InChI is InChI=1S/C32H34N6O/c1-4-28(39)22-33-23-12-14-24(15-13-23)35-36-25-16-18-29-31(20-25)38(26-10-8-7-9-11-26)32-21-27(37(5-2)6-3)17-19-30(32)34-29/h7-21,28,39H,4-6,22H2,1-3H3/p+1. The summed E-state index contributed by atoms with van der Waals surface area (Å²) in [5.74, 6) is 0. The Morgan fingerprint density at radius 1 is 0.795 bits per heavy atom. The molecule has 39 heavy (non-hydrogen) atoms. The molecule has 1 atom stereocenters. The van der Waals surface area contributed by atoms with Crippen molar-refractivity contribution in [1.82, 2.24) is 4.98 Å². The number of anilines is 2. The Bertz CT molecular complexity index is 1580. The fourth-order valence-corrected chi connectivity index (χ4v) is 4.67. The van der Waals surface area contributed by atoms with Gasteiger partial charge in [-0.25, -0.2) is 4.98 Å². The molecule has 0 aliphatic rings. The van der Waals surface area contributed by atoms with E-state index in [1.165, 1.54) is 5.69 Å². The number of azo groups is 1. The van der Waals surface area contributed by atoms with E-state index in [-0.39, 0.29) is 6.10 Å². The van der Waals surface area contributed by atoms with Crippen LogP contribution >= 0.6 is 0 Å². The van der Waals surface area contributed by atoms with Crippen molar-refractivity contribution in [3.05, 3.63) is 91.0 Å². The first kappa shape index (κ1) is 26.3. The van der Waals surface area contributed by atoms with Crippen LogP contribution < -0.4 is 14.8 Å². The van der Waals surface area contributed by atoms with Crippen LogP contribution in [0.1, 0.15) is 27.2 Å². The average Bonchev–Trinajstić information content (AvgIpc) is 2.99. The molecule has 0 aliphatic heterocycles. The first-order chi connectivity index (χ1) is 19.1. The number of fused-ring (bicyclic) bond motifs is 2. The Morgan fingerprint density at radius 3 is 2.13 bits per heavy atom. The molecule has 0 saturated carbocycles. The van der Waals surface area contributed by atoms with Gasteiger partial charge in [-0.15, -0.1) is 4.57 Å². The van der Waals surface area contributed by atoms with E-state index in [0.717, 1.165) is 64.3 Å². The van der Waals surface area contributed by atoms with Gasteiger partial charge in [0.1, 0.15) is 11.0 Å². The molecule has 1 heterocycles. The van der Waals surface area contributed by atoms with Crippen molar-refractivity contribution in [3.63, 3.8) is 0 Å². The van der Waals surface area contributed by atoms with Crippen LogP contribution in [0.3, 0.4) is 0 Å². The number of benzene rings is 4. The summed E-state index contributed by atoms with van der Waals surface area (Å²) in [4.78, 5) is 7.33. The van der Waals surface area contributed by atoms with Crippen LogP contribution in [-0.4, -0.2) is 35.8 Å². The van der Waals surface area contributed by atoms with Crippen LogP contribution in [0.25, 0.3) is 27.8 Å². The maximum Gasteiger partial charge on any atom is 0.239 e. The van der Waals surface area contributed by atoms with E-state index in [4.69, 9.17) is 4.98 Å². The minimum atomic E-state index is -0.355. The van der Waals surface area contributed by atoms with Gasteiger partial charge >= 0.3 is 0 Å². The number of aliphatic hydroxyl groups is 1. The van der Waals surface area contributed by atoms with Crippen LogP contribution in [0.15, 0.2) is 101 Å². The topological polar surface area (TPSA) is 77.0 Å². The Hall–Kier alpha value is -4.36. The van der Waals surface area contributed by atoms with E-state index in [2.05, 4.69) is 81.3 Å². The summed E-state index contributed by atoms with van der Waals surface area (Å²) < 4.78 is 2.26. The van der Waals surface area contributed by atoms with Crippen molar-refractivity contribution in [2.24, 2.45) is 10.2 Å². The molecule has 0 amide bonds. The Morgan fingerprint density at radius 2 is 1.44 bits per heavy atom. The third kappa shape index (κ3) is 5.89. The van der Waals surface area contributed by atoms with E-state index >= 15 is 0 Å². The van der Waals surface area contributed by atoms with Gasteiger partial charge in [-0.2, -0.15) is 10.2 Å². The predicted molar refractivity (Wildman–Crippen MR) is 160 cm³/mol. The van der Waals surface area contributed by atoms with E-state index in [1.54, 1.807) is 0 Å². The second-order valence-corrected chi connectivity index (χ2v) is 9.49. The fourth-order valence-electron chi connectivity index (χ4n) is 4.67. The van der Waals surface area contributed by atoms with E-state index in [1.807, 2.05) is 55.5 Å². The molecule has 0 fully saturated rings. The summed E-state index contributed by atoms with van der Waals surface area (Å²) in [5.41, 5.74) is 8.54. The summed E-state index contributed by atoms with van der Waals surface area (Å²) in [5, 5.41) is 22.0. The Balaban J connectivity index is 1.54. The van der Waals surface area contributed by atoms with Gasteiger partial charge in [0.2, 0.25) is 16.7 Å². The third-order valence-corrected chi connectivity index (χ3v) is 6.94. The lowest BCUT2D eigenvalue weighted by atomic mass is 10.1. The SMILES string of the molecule is CCC(O)CNc1ccc(N=Nc2ccc3nc4ccc(N(CC)CC)cc4[n+](-c4ccccc4)c3c2)cc1. The molecule has 1 aromatic heterocycles. The molecule has 5 aromatic rings. The Kier molecular flexibility index (Phi) is 8.08. The largest absolute Gasteiger partial charge is 0.391 e. The molecule has 4 aromatic carbocycles. The van der Waals surface area contributed by atoms with Crippen LogP contribution in [-0.2, 0) is 0 Å². The van der Waals surface area contributed by atoms with Gasteiger partial charge in [-0.3, -0.25) is 0 Å². The summed E-state index contributed by atoms with van der Waals surface area (Å²) in [6.45, 7) is 8.72. The van der Waals surface area contributed by atoms with Gasteiger partial charge in [-0.05, 0) is 68.8 Å². The first-order valence-electron chi connectivity index (χ1n) is 13.6. The van der Waals surface area contributed by atoms with Crippen molar-refractivity contribution in [3.8, 4) is 5.69 Å². The number of aliphatic hydroxyl groups excluding tert-OH is 1. The highest BCUT2D eigenvalue weighted by Crippen LogP contribution is 2.26. The van der Waals surface area contributed by atoms with Crippen molar-refractivity contribution in [2.75, 3.05) is 29.9 Å². The zero-order chi connectivity index (χ0) is 27.2. The number of hydrogen-bond acceptors (Lipinski definition) is 6. The minimum Gasteiger partial charge on any atom is -0.391 e. The summed E-state index contributed by atoms with van der Waals surface area (Å²) in [7, 11) is 0. The predicted octanol–water partition coefficient (Wildman–Crippen LogP) is 7.11. The van der Waals surface area contributed by atoms with Crippen LogP contribution in [0.4, 0.5) is 22.7 Å². The smallest absolute Gasteiger partial charge is 0.239 e. The molecule has 7 heteroatoms. The zero-order valence-electron chi connectivity index (χ0n) is 22.7. The fraction of sp³-hybridized carbons (Fsp3) is 0.250. The molecule has 5 rings (SSSR count). The lowest BCUT2D eigenvalue weighted by Crippen LogP contribution is -2.33. The monoisotopic (exact) mass is 519 g/mol. The molecule has 0 aliphatic carbocycles. The van der Waals surface area contributed by atoms with Gasteiger partial charge in [0, 0.05) is 55.3 Å². The zero-order valence-corrected chi connectivity index (χ0v) is 22.7. The van der Waals surface area contributed by atoms with Crippen molar-refractivity contribution in [2.45, 2.75) is 33.3 Å². The molecule has 0 saturated heterocycles. The van der Waals surface area contributed by atoms with Crippen LogP contribution in [0, 0.1) is 0 Å². The number of aromatic nitrogens is 2. The maximum atomic E-state index is 9.77. The first-order valence-corrected chi connectivity index (χ1v) is 13.6. The van der Waals surface area contributed by atoms with Gasteiger partial charge in [0.05, 0.1) is 17.5 Å². The Labute approximate surface area is 229 Å². The molecule has 2 N–H and O–H groups in total. The van der Waals surface area contributed by atoms with E-state index in [9.17, 15) is 5.11 Å². The van der Waals surface area contributed by atoms with Crippen LogP contribution in [0.5, 0.6) is 0 Å².